The van der Waals surface area contributed by atoms with Crippen LogP contribution in [-0.2, 0) is 11.3 Å². The van der Waals surface area contributed by atoms with Gasteiger partial charge in [0, 0.05) is 19.5 Å². The largest absolute Gasteiger partial charge is 0.345 e. The van der Waals surface area contributed by atoms with Crippen LogP contribution in [0.2, 0.25) is 0 Å². The molecule has 0 saturated carbocycles. The van der Waals surface area contributed by atoms with Crippen molar-refractivity contribution in [3.63, 3.8) is 0 Å². The Bertz CT molecular complexity index is 1170. The molecule has 7 heteroatoms. The first-order valence-electron chi connectivity index (χ1n) is 10.5. The van der Waals surface area contributed by atoms with E-state index in [0.717, 1.165) is 27.7 Å². The van der Waals surface area contributed by atoms with Gasteiger partial charge in [0.05, 0.1) is 23.4 Å². The maximum absolute atomic E-state index is 12.7. The van der Waals surface area contributed by atoms with Gasteiger partial charge in [-0.05, 0) is 28.8 Å². The zero-order chi connectivity index (χ0) is 22.2. The SMILES string of the molecule is O=C(CCNC(=O)NCc1ccccc1)NC(c1ccccc1)c1ccc2nc[nH]c2c1. The van der Waals surface area contributed by atoms with E-state index in [0.29, 0.717) is 6.54 Å². The summed E-state index contributed by atoms with van der Waals surface area (Å²) < 4.78 is 0. The van der Waals surface area contributed by atoms with Crippen LogP contribution < -0.4 is 16.0 Å². The summed E-state index contributed by atoms with van der Waals surface area (Å²) in [6.45, 7) is 0.679. The zero-order valence-corrected chi connectivity index (χ0v) is 17.5. The molecule has 0 bridgehead atoms. The summed E-state index contributed by atoms with van der Waals surface area (Å²) in [6, 6.07) is 24.8. The van der Waals surface area contributed by atoms with Crippen molar-refractivity contribution >= 4 is 23.0 Å². The minimum atomic E-state index is -0.302. The Morgan fingerprint density at radius 1 is 0.875 bits per heavy atom. The third-order valence-electron chi connectivity index (χ3n) is 5.15. The van der Waals surface area contributed by atoms with Crippen molar-refractivity contribution in [3.8, 4) is 0 Å². The number of H-pyrrole nitrogens is 1. The van der Waals surface area contributed by atoms with Gasteiger partial charge in [-0.3, -0.25) is 4.79 Å². The van der Waals surface area contributed by atoms with E-state index in [1.165, 1.54) is 0 Å². The molecule has 0 saturated heterocycles. The number of nitrogens with zero attached hydrogens (tertiary/aromatic N) is 1. The van der Waals surface area contributed by atoms with Gasteiger partial charge in [0.1, 0.15) is 0 Å². The van der Waals surface area contributed by atoms with E-state index in [-0.39, 0.29) is 30.9 Å². The number of amides is 3. The molecule has 3 aromatic carbocycles. The average Bonchev–Trinajstić information content (AvgIpc) is 3.30. The lowest BCUT2D eigenvalue weighted by Gasteiger charge is -2.20. The van der Waals surface area contributed by atoms with E-state index in [2.05, 4.69) is 25.9 Å². The van der Waals surface area contributed by atoms with Gasteiger partial charge in [-0.1, -0.05) is 66.7 Å². The predicted octanol–water partition coefficient (Wildman–Crippen LogP) is 3.66. The third kappa shape index (κ3) is 5.51. The van der Waals surface area contributed by atoms with Gasteiger partial charge in [0.2, 0.25) is 5.91 Å². The Morgan fingerprint density at radius 3 is 2.41 bits per heavy atom. The molecule has 1 heterocycles. The fourth-order valence-corrected chi connectivity index (χ4v) is 3.50. The number of benzene rings is 3. The Balaban J connectivity index is 1.34. The topological polar surface area (TPSA) is 98.9 Å². The molecule has 4 rings (SSSR count). The average molecular weight is 428 g/mol. The highest BCUT2D eigenvalue weighted by Gasteiger charge is 2.17. The molecule has 162 valence electrons. The van der Waals surface area contributed by atoms with Gasteiger partial charge in [0.25, 0.3) is 0 Å². The van der Waals surface area contributed by atoms with Crippen LogP contribution in [0.3, 0.4) is 0 Å². The molecule has 0 aliphatic carbocycles. The van der Waals surface area contributed by atoms with Crippen LogP contribution in [0.25, 0.3) is 11.0 Å². The van der Waals surface area contributed by atoms with Gasteiger partial charge in [-0.15, -0.1) is 0 Å². The maximum atomic E-state index is 12.7. The number of carbonyl (C=O) groups excluding carboxylic acids is 2. The Labute approximate surface area is 186 Å². The molecule has 7 nitrogen and oxygen atoms in total. The number of fused-ring (bicyclic) bond motifs is 1. The highest BCUT2D eigenvalue weighted by atomic mass is 16.2. The van der Waals surface area contributed by atoms with Crippen LogP contribution in [0.5, 0.6) is 0 Å². The second kappa shape index (κ2) is 10.3. The Hall–Kier alpha value is -4.13. The summed E-state index contributed by atoms with van der Waals surface area (Å²) in [6.07, 6.45) is 1.83. The summed E-state index contributed by atoms with van der Waals surface area (Å²) in [5.41, 5.74) is 4.73. The maximum Gasteiger partial charge on any atom is 0.315 e. The van der Waals surface area contributed by atoms with Crippen LogP contribution >= 0.6 is 0 Å². The minimum absolute atomic E-state index is 0.146. The highest BCUT2D eigenvalue weighted by Crippen LogP contribution is 2.24. The van der Waals surface area contributed by atoms with Crippen molar-refractivity contribution in [3.05, 3.63) is 102 Å². The molecule has 1 aromatic heterocycles. The smallest absolute Gasteiger partial charge is 0.315 e. The second-order valence-electron chi connectivity index (χ2n) is 7.44. The number of urea groups is 1. The number of aromatic nitrogens is 2. The lowest BCUT2D eigenvalue weighted by atomic mass is 9.98. The molecule has 4 aromatic rings. The van der Waals surface area contributed by atoms with Gasteiger partial charge in [-0.25, -0.2) is 9.78 Å². The lowest BCUT2D eigenvalue weighted by molar-refractivity contribution is -0.121. The molecule has 0 aliphatic heterocycles. The van der Waals surface area contributed by atoms with E-state index in [9.17, 15) is 9.59 Å². The van der Waals surface area contributed by atoms with E-state index in [1.54, 1.807) is 6.33 Å². The number of hydrogen-bond acceptors (Lipinski definition) is 3. The fourth-order valence-electron chi connectivity index (χ4n) is 3.50. The number of aromatic amines is 1. The number of carbonyl (C=O) groups is 2. The lowest BCUT2D eigenvalue weighted by Crippen LogP contribution is -2.38. The van der Waals surface area contributed by atoms with Crippen LogP contribution in [0.1, 0.15) is 29.2 Å². The van der Waals surface area contributed by atoms with E-state index < -0.39 is 0 Å². The van der Waals surface area contributed by atoms with Crippen LogP contribution in [0.4, 0.5) is 4.79 Å². The molecule has 3 amide bonds. The monoisotopic (exact) mass is 427 g/mol. The van der Waals surface area contributed by atoms with Crippen LogP contribution in [0, 0.1) is 0 Å². The first-order valence-corrected chi connectivity index (χ1v) is 10.5. The van der Waals surface area contributed by atoms with E-state index >= 15 is 0 Å². The normalized spacial score (nSPS) is 11.6. The molecule has 0 radical (unpaired) electrons. The summed E-state index contributed by atoms with van der Waals surface area (Å²) in [5, 5.41) is 8.61. The predicted molar refractivity (Wildman–Crippen MR) is 124 cm³/mol. The summed E-state index contributed by atoms with van der Waals surface area (Å²) >= 11 is 0. The number of rotatable bonds is 8. The van der Waals surface area contributed by atoms with Gasteiger partial charge >= 0.3 is 6.03 Å². The number of hydrogen-bond donors (Lipinski definition) is 4. The van der Waals surface area contributed by atoms with Crippen LogP contribution in [0.15, 0.2) is 85.2 Å². The van der Waals surface area contributed by atoms with Crippen molar-refractivity contribution in [2.45, 2.75) is 19.0 Å². The van der Waals surface area contributed by atoms with Crippen molar-refractivity contribution in [1.82, 2.24) is 25.9 Å². The quantitative estimate of drug-likeness (QED) is 0.345. The first kappa shape index (κ1) is 21.1. The second-order valence-corrected chi connectivity index (χ2v) is 7.44. The molecule has 1 atom stereocenters. The summed E-state index contributed by atoms with van der Waals surface area (Å²) in [4.78, 5) is 32.0. The zero-order valence-electron chi connectivity index (χ0n) is 17.5. The highest BCUT2D eigenvalue weighted by molar-refractivity contribution is 5.80. The van der Waals surface area contributed by atoms with Crippen molar-refractivity contribution < 1.29 is 9.59 Å². The van der Waals surface area contributed by atoms with E-state index in [4.69, 9.17) is 0 Å². The van der Waals surface area contributed by atoms with E-state index in [1.807, 2.05) is 78.9 Å². The third-order valence-corrected chi connectivity index (χ3v) is 5.15. The standard InChI is InChI=1S/C25H25N5O2/c31-23(13-14-26-25(32)27-16-18-7-3-1-4-8-18)30-24(19-9-5-2-6-10-19)20-11-12-21-22(15-20)29-17-28-21/h1-12,15,17,24H,13-14,16H2,(H,28,29)(H,30,31)(H2,26,27,32). The molecule has 0 fully saturated rings. The number of imidazole rings is 1. The van der Waals surface area contributed by atoms with Gasteiger partial charge in [-0.2, -0.15) is 0 Å². The van der Waals surface area contributed by atoms with Crippen molar-refractivity contribution in [2.75, 3.05) is 6.54 Å². The molecule has 32 heavy (non-hydrogen) atoms. The van der Waals surface area contributed by atoms with Crippen molar-refractivity contribution in [2.24, 2.45) is 0 Å². The molecule has 1 unspecified atom stereocenters. The minimum Gasteiger partial charge on any atom is -0.345 e. The molecular weight excluding hydrogens is 402 g/mol. The molecular formula is C25H25N5O2. The first-order chi connectivity index (χ1) is 15.7. The molecule has 0 aliphatic rings. The summed E-state index contributed by atoms with van der Waals surface area (Å²) in [7, 11) is 0. The van der Waals surface area contributed by atoms with Gasteiger partial charge < -0.3 is 20.9 Å². The number of nitrogens with one attached hydrogen (secondary N) is 4. The van der Waals surface area contributed by atoms with Gasteiger partial charge in [0.15, 0.2) is 0 Å². The Morgan fingerprint density at radius 2 is 1.62 bits per heavy atom. The fraction of sp³-hybridized carbons (Fsp3) is 0.160. The van der Waals surface area contributed by atoms with Crippen molar-refractivity contribution in [1.29, 1.82) is 0 Å². The molecule has 0 spiro atoms. The summed E-state index contributed by atoms with van der Waals surface area (Å²) in [5.74, 6) is -0.146. The molecule has 4 N–H and O–H groups in total. The van der Waals surface area contributed by atoms with Crippen LogP contribution in [-0.4, -0.2) is 28.5 Å². The Kier molecular flexibility index (Phi) is 6.77.